The third-order valence-corrected chi connectivity index (χ3v) is 2.63. The minimum Gasteiger partial charge on any atom is -0.342 e. The molecule has 0 bridgehead atoms. The molecule has 1 aromatic heterocycles. The van der Waals surface area contributed by atoms with Gasteiger partial charge in [0, 0.05) is 32.0 Å². The molecule has 86 valence electrons. The molecule has 0 aliphatic rings. The number of hydrogen-bond donors (Lipinski definition) is 1. The van der Waals surface area contributed by atoms with E-state index in [2.05, 4.69) is 35.2 Å². The first kappa shape index (κ1) is 12.0. The van der Waals surface area contributed by atoms with Crippen LogP contribution in [0.3, 0.4) is 0 Å². The molecule has 1 rings (SSSR count). The predicted octanol–water partition coefficient (Wildman–Crippen LogP) is 1.32. The molecule has 0 aliphatic heterocycles. The Morgan fingerprint density at radius 1 is 1.53 bits per heavy atom. The van der Waals surface area contributed by atoms with E-state index in [-0.39, 0.29) is 0 Å². The first-order chi connectivity index (χ1) is 7.22. The lowest BCUT2D eigenvalue weighted by molar-refractivity contribution is 0.560. The Hall–Kier alpha value is -1.03. The average molecular weight is 210 g/mol. The molecule has 15 heavy (non-hydrogen) atoms. The molecule has 2 N–H and O–H groups in total. The molecule has 0 aliphatic carbocycles. The van der Waals surface area contributed by atoms with E-state index < -0.39 is 0 Å². The number of imidazole rings is 1. The average Bonchev–Trinajstić information content (AvgIpc) is 2.73. The molecular formula is C11H22N4. The maximum Gasteiger partial charge on any atom is 0.205 e. The Labute approximate surface area is 92.1 Å². The molecule has 1 unspecified atom stereocenters. The first-order valence-electron chi connectivity index (χ1n) is 5.69. The van der Waals surface area contributed by atoms with Crippen molar-refractivity contribution in [3.05, 3.63) is 12.4 Å². The van der Waals surface area contributed by atoms with E-state index in [0.717, 1.165) is 32.1 Å². The van der Waals surface area contributed by atoms with Crippen molar-refractivity contribution in [3.8, 4) is 0 Å². The van der Waals surface area contributed by atoms with Crippen LogP contribution in [0.25, 0.3) is 0 Å². The molecular weight excluding hydrogens is 188 g/mol. The van der Waals surface area contributed by atoms with Crippen LogP contribution in [-0.2, 0) is 6.54 Å². The van der Waals surface area contributed by atoms with Crippen LogP contribution in [0.1, 0.15) is 20.8 Å². The molecule has 0 amide bonds. The van der Waals surface area contributed by atoms with Crippen LogP contribution in [0.15, 0.2) is 12.4 Å². The van der Waals surface area contributed by atoms with Crippen LogP contribution < -0.4 is 10.6 Å². The van der Waals surface area contributed by atoms with Gasteiger partial charge in [0.1, 0.15) is 0 Å². The monoisotopic (exact) mass is 210 g/mol. The zero-order valence-electron chi connectivity index (χ0n) is 9.98. The lowest BCUT2D eigenvalue weighted by Gasteiger charge is -2.25. The largest absolute Gasteiger partial charge is 0.342 e. The van der Waals surface area contributed by atoms with Crippen molar-refractivity contribution in [3.63, 3.8) is 0 Å². The van der Waals surface area contributed by atoms with Crippen LogP contribution in [0, 0.1) is 5.92 Å². The summed E-state index contributed by atoms with van der Waals surface area (Å²) in [6, 6.07) is 0. The SMILES string of the molecule is CCN(CC(C)CN)c1nccn1CC. The number of rotatable bonds is 6. The van der Waals surface area contributed by atoms with Crippen LogP contribution in [0.5, 0.6) is 0 Å². The molecule has 0 fully saturated rings. The summed E-state index contributed by atoms with van der Waals surface area (Å²) in [5, 5.41) is 0. The molecule has 0 aromatic carbocycles. The number of anilines is 1. The number of nitrogens with two attached hydrogens (primary N) is 1. The maximum atomic E-state index is 5.65. The Morgan fingerprint density at radius 2 is 2.27 bits per heavy atom. The zero-order chi connectivity index (χ0) is 11.3. The summed E-state index contributed by atoms with van der Waals surface area (Å²) in [5.74, 6) is 1.56. The zero-order valence-corrected chi connectivity index (χ0v) is 9.98. The van der Waals surface area contributed by atoms with E-state index >= 15 is 0 Å². The van der Waals surface area contributed by atoms with Crippen molar-refractivity contribution < 1.29 is 0 Å². The minimum atomic E-state index is 0.506. The highest BCUT2D eigenvalue weighted by atomic mass is 15.3. The Morgan fingerprint density at radius 3 is 2.80 bits per heavy atom. The topological polar surface area (TPSA) is 47.1 Å². The third kappa shape index (κ3) is 2.96. The van der Waals surface area contributed by atoms with Crippen molar-refractivity contribution in [2.75, 3.05) is 24.5 Å². The second-order valence-corrected chi connectivity index (χ2v) is 3.89. The van der Waals surface area contributed by atoms with Gasteiger partial charge in [0.15, 0.2) is 0 Å². The van der Waals surface area contributed by atoms with E-state index in [4.69, 9.17) is 5.73 Å². The van der Waals surface area contributed by atoms with Crippen molar-refractivity contribution in [1.29, 1.82) is 0 Å². The fourth-order valence-electron chi connectivity index (χ4n) is 1.63. The highest BCUT2D eigenvalue weighted by molar-refractivity contribution is 5.30. The number of aryl methyl sites for hydroxylation is 1. The quantitative estimate of drug-likeness (QED) is 0.770. The number of aromatic nitrogens is 2. The van der Waals surface area contributed by atoms with E-state index in [1.807, 2.05) is 12.4 Å². The van der Waals surface area contributed by atoms with Gasteiger partial charge in [-0.15, -0.1) is 0 Å². The van der Waals surface area contributed by atoms with Gasteiger partial charge in [0.25, 0.3) is 0 Å². The highest BCUT2D eigenvalue weighted by Crippen LogP contribution is 2.12. The Bertz CT molecular complexity index is 282. The summed E-state index contributed by atoms with van der Waals surface area (Å²) < 4.78 is 2.16. The first-order valence-corrected chi connectivity index (χ1v) is 5.69. The van der Waals surface area contributed by atoms with Gasteiger partial charge in [-0.25, -0.2) is 4.98 Å². The van der Waals surface area contributed by atoms with Crippen LogP contribution >= 0.6 is 0 Å². The Kier molecular flexibility index (Phi) is 4.62. The van der Waals surface area contributed by atoms with E-state index in [0.29, 0.717) is 5.92 Å². The van der Waals surface area contributed by atoms with Gasteiger partial charge in [-0.3, -0.25) is 0 Å². The summed E-state index contributed by atoms with van der Waals surface area (Å²) in [5.41, 5.74) is 5.65. The lowest BCUT2D eigenvalue weighted by atomic mass is 10.2. The van der Waals surface area contributed by atoms with Crippen molar-refractivity contribution >= 4 is 5.95 Å². The van der Waals surface area contributed by atoms with E-state index in [9.17, 15) is 0 Å². The fraction of sp³-hybridized carbons (Fsp3) is 0.727. The maximum absolute atomic E-state index is 5.65. The van der Waals surface area contributed by atoms with Crippen LogP contribution in [0.4, 0.5) is 5.95 Å². The number of nitrogens with zero attached hydrogens (tertiary/aromatic N) is 3. The summed E-state index contributed by atoms with van der Waals surface area (Å²) in [6.45, 7) is 10.1. The second kappa shape index (κ2) is 5.75. The number of hydrogen-bond acceptors (Lipinski definition) is 3. The van der Waals surface area contributed by atoms with E-state index in [1.165, 1.54) is 0 Å². The van der Waals surface area contributed by atoms with Gasteiger partial charge >= 0.3 is 0 Å². The summed E-state index contributed by atoms with van der Waals surface area (Å²) in [4.78, 5) is 6.67. The molecule has 4 heteroatoms. The smallest absolute Gasteiger partial charge is 0.205 e. The molecule has 1 heterocycles. The lowest BCUT2D eigenvalue weighted by Crippen LogP contribution is -2.33. The molecule has 0 saturated heterocycles. The van der Waals surface area contributed by atoms with Crippen molar-refractivity contribution in [2.24, 2.45) is 11.7 Å². The molecule has 0 saturated carbocycles. The highest BCUT2D eigenvalue weighted by Gasteiger charge is 2.12. The Balaban J connectivity index is 2.73. The van der Waals surface area contributed by atoms with E-state index in [1.54, 1.807) is 0 Å². The molecule has 1 atom stereocenters. The third-order valence-electron chi connectivity index (χ3n) is 2.63. The summed E-state index contributed by atoms with van der Waals surface area (Å²) in [6.07, 6.45) is 3.87. The molecule has 0 spiro atoms. The van der Waals surface area contributed by atoms with Gasteiger partial charge in [-0.2, -0.15) is 0 Å². The fourth-order valence-corrected chi connectivity index (χ4v) is 1.63. The molecule has 4 nitrogen and oxygen atoms in total. The van der Waals surface area contributed by atoms with Crippen molar-refractivity contribution in [1.82, 2.24) is 9.55 Å². The van der Waals surface area contributed by atoms with Crippen LogP contribution in [0.2, 0.25) is 0 Å². The summed E-state index contributed by atoms with van der Waals surface area (Å²) >= 11 is 0. The van der Waals surface area contributed by atoms with Crippen LogP contribution in [-0.4, -0.2) is 29.2 Å². The molecule has 1 aromatic rings. The summed E-state index contributed by atoms with van der Waals surface area (Å²) in [7, 11) is 0. The molecule has 0 radical (unpaired) electrons. The predicted molar refractivity (Wildman–Crippen MR) is 64.0 cm³/mol. The normalized spacial score (nSPS) is 12.8. The minimum absolute atomic E-state index is 0.506. The van der Waals surface area contributed by atoms with Gasteiger partial charge < -0.3 is 15.2 Å². The van der Waals surface area contributed by atoms with Gasteiger partial charge in [0.2, 0.25) is 5.95 Å². The van der Waals surface area contributed by atoms with Gasteiger partial charge in [-0.05, 0) is 26.3 Å². The second-order valence-electron chi connectivity index (χ2n) is 3.89. The standard InChI is InChI=1S/C11H22N4/c1-4-14-7-6-13-11(14)15(5-2)9-10(3)8-12/h6-7,10H,4-5,8-9,12H2,1-3H3. The van der Waals surface area contributed by atoms with Gasteiger partial charge in [0.05, 0.1) is 0 Å². The van der Waals surface area contributed by atoms with Crippen molar-refractivity contribution in [2.45, 2.75) is 27.3 Å². The van der Waals surface area contributed by atoms with Gasteiger partial charge in [-0.1, -0.05) is 6.92 Å².